The number of rotatable bonds is 9. The zero-order chi connectivity index (χ0) is 23.0. The van der Waals surface area contributed by atoms with Crippen LogP contribution in [0.4, 0.5) is 10.1 Å². The molecule has 0 spiro atoms. The van der Waals surface area contributed by atoms with Gasteiger partial charge in [-0.15, -0.1) is 0 Å². The average molecular weight is 431 g/mol. The average Bonchev–Trinajstić information content (AvgIpc) is 2.72. The van der Waals surface area contributed by atoms with Crippen LogP contribution in [0.5, 0.6) is 0 Å². The number of nitro benzene ring substituents is 1. The second-order valence-electron chi connectivity index (χ2n) is 6.80. The summed E-state index contributed by atoms with van der Waals surface area (Å²) < 4.78 is 18.2. The minimum atomic E-state index is -1.09. The number of nitrogens with zero attached hydrogens (tertiary/aromatic N) is 1. The van der Waals surface area contributed by atoms with Crippen molar-refractivity contribution in [3.63, 3.8) is 0 Å². The number of amides is 2. The van der Waals surface area contributed by atoms with Gasteiger partial charge in [0.1, 0.15) is 17.9 Å². The molecule has 0 aliphatic carbocycles. The molecule has 9 nitrogen and oxygen atoms in total. The molecule has 2 rings (SSSR count). The van der Waals surface area contributed by atoms with E-state index in [9.17, 15) is 28.9 Å². The summed E-state index contributed by atoms with van der Waals surface area (Å²) in [5.41, 5.74) is 0.935. The van der Waals surface area contributed by atoms with E-state index in [1.54, 1.807) is 6.07 Å². The molecule has 2 amide bonds. The zero-order valence-electron chi connectivity index (χ0n) is 17.0. The molecule has 0 bridgehead atoms. The van der Waals surface area contributed by atoms with Gasteiger partial charge in [-0.05, 0) is 23.3 Å². The predicted molar refractivity (Wildman–Crippen MR) is 108 cm³/mol. The van der Waals surface area contributed by atoms with E-state index < -0.39 is 40.6 Å². The number of nitro groups is 1. The topological polar surface area (TPSA) is 128 Å². The lowest BCUT2D eigenvalue weighted by Gasteiger charge is -2.22. The van der Waals surface area contributed by atoms with E-state index in [4.69, 9.17) is 4.74 Å². The Labute approximate surface area is 177 Å². The van der Waals surface area contributed by atoms with E-state index in [2.05, 4.69) is 10.6 Å². The van der Waals surface area contributed by atoms with E-state index in [-0.39, 0.29) is 18.5 Å². The second-order valence-corrected chi connectivity index (χ2v) is 6.80. The molecule has 2 aromatic carbocycles. The first-order chi connectivity index (χ1) is 14.7. The molecule has 0 saturated carbocycles. The fourth-order valence-corrected chi connectivity index (χ4v) is 2.95. The maximum atomic E-state index is 13.5. The minimum Gasteiger partial charge on any atom is -0.467 e. The molecule has 0 aromatic heterocycles. The largest absolute Gasteiger partial charge is 0.467 e. The Hall–Kier alpha value is -3.82. The van der Waals surface area contributed by atoms with Gasteiger partial charge in [-0.25, -0.2) is 9.18 Å². The van der Waals surface area contributed by atoms with Gasteiger partial charge in [-0.2, -0.15) is 0 Å². The number of hydrogen-bond donors (Lipinski definition) is 2. The van der Waals surface area contributed by atoms with E-state index >= 15 is 0 Å². The molecule has 0 heterocycles. The quantitative estimate of drug-likeness (QED) is 0.353. The molecule has 2 aromatic rings. The van der Waals surface area contributed by atoms with Gasteiger partial charge in [-0.1, -0.05) is 24.3 Å². The number of halogens is 1. The number of methoxy groups -OCH3 is 1. The van der Waals surface area contributed by atoms with Crippen LogP contribution >= 0.6 is 0 Å². The molecule has 2 N–H and O–H groups in total. The van der Waals surface area contributed by atoms with Crippen LogP contribution in [0.3, 0.4) is 0 Å². The maximum absolute atomic E-state index is 13.5. The van der Waals surface area contributed by atoms with Crippen LogP contribution in [0, 0.1) is 15.9 Å². The van der Waals surface area contributed by atoms with Gasteiger partial charge >= 0.3 is 5.97 Å². The van der Waals surface area contributed by atoms with Crippen molar-refractivity contribution in [2.24, 2.45) is 0 Å². The van der Waals surface area contributed by atoms with Crippen molar-refractivity contribution in [2.45, 2.75) is 31.8 Å². The number of nitrogens with one attached hydrogen (secondary N) is 2. The minimum absolute atomic E-state index is 0.00853. The summed E-state index contributed by atoms with van der Waals surface area (Å²) in [6.45, 7) is 1.24. The van der Waals surface area contributed by atoms with Crippen LogP contribution in [0.25, 0.3) is 0 Å². The van der Waals surface area contributed by atoms with E-state index in [1.807, 2.05) is 0 Å². The number of hydrogen-bond acceptors (Lipinski definition) is 6. The summed E-state index contributed by atoms with van der Waals surface area (Å²) in [4.78, 5) is 46.8. The van der Waals surface area contributed by atoms with E-state index in [0.717, 1.165) is 7.11 Å². The Morgan fingerprint density at radius 3 is 2.23 bits per heavy atom. The number of ether oxygens (including phenoxy) is 1. The molecule has 2 atom stereocenters. The molecule has 31 heavy (non-hydrogen) atoms. The van der Waals surface area contributed by atoms with Crippen molar-refractivity contribution in [3.8, 4) is 0 Å². The molecule has 0 fully saturated rings. The van der Waals surface area contributed by atoms with Gasteiger partial charge in [0.05, 0.1) is 12.0 Å². The highest BCUT2D eigenvalue weighted by Crippen LogP contribution is 2.14. The van der Waals surface area contributed by atoms with Gasteiger partial charge < -0.3 is 15.4 Å². The lowest BCUT2D eigenvalue weighted by molar-refractivity contribution is -0.384. The summed E-state index contributed by atoms with van der Waals surface area (Å²) in [6, 6.07) is 8.97. The fraction of sp³-hybridized carbons (Fsp3) is 0.286. The Bertz CT molecular complexity index is 964. The number of non-ortho nitro benzene ring substituents is 1. The van der Waals surface area contributed by atoms with Crippen LogP contribution < -0.4 is 10.6 Å². The Morgan fingerprint density at radius 2 is 1.68 bits per heavy atom. The number of esters is 1. The first kappa shape index (κ1) is 23.5. The highest BCUT2D eigenvalue weighted by molar-refractivity contribution is 5.90. The van der Waals surface area contributed by atoms with Gasteiger partial charge in [0.2, 0.25) is 11.8 Å². The first-order valence-electron chi connectivity index (χ1n) is 9.32. The molecular weight excluding hydrogens is 409 g/mol. The standard InChI is InChI=1S/C21H22FN3O6/c1-13(26)23-18(12-15-4-3-5-16(22)10-15)20(27)24-19(21(28)31-2)11-14-6-8-17(9-7-14)25(29)30/h3-10,18-19H,11-12H2,1-2H3,(H,23,26)(H,24,27)/t18-,19+/m1/s1. The summed E-state index contributed by atoms with van der Waals surface area (Å²) in [5, 5.41) is 15.8. The van der Waals surface area contributed by atoms with Gasteiger partial charge in [0.15, 0.2) is 0 Å². The summed E-state index contributed by atoms with van der Waals surface area (Å²) in [6.07, 6.45) is 0.0256. The van der Waals surface area contributed by atoms with Crippen LogP contribution in [0.2, 0.25) is 0 Å². The van der Waals surface area contributed by atoms with Crippen molar-refractivity contribution in [1.82, 2.24) is 10.6 Å². The van der Waals surface area contributed by atoms with Gasteiger partial charge in [0, 0.05) is 31.9 Å². The molecule has 0 saturated heterocycles. The third kappa shape index (κ3) is 7.18. The van der Waals surface area contributed by atoms with Crippen LogP contribution in [0.1, 0.15) is 18.1 Å². The number of carbonyl (C=O) groups is 3. The molecule has 0 aliphatic heterocycles. The SMILES string of the molecule is COC(=O)[C@H](Cc1ccc([N+](=O)[O-])cc1)NC(=O)[C@@H](Cc1cccc(F)c1)NC(C)=O. The molecule has 0 aliphatic rings. The summed E-state index contributed by atoms with van der Waals surface area (Å²) in [7, 11) is 1.16. The monoisotopic (exact) mass is 431 g/mol. The first-order valence-corrected chi connectivity index (χ1v) is 9.32. The zero-order valence-corrected chi connectivity index (χ0v) is 17.0. The molecule has 164 valence electrons. The molecule has 0 radical (unpaired) electrons. The highest BCUT2D eigenvalue weighted by atomic mass is 19.1. The summed E-state index contributed by atoms with van der Waals surface area (Å²) >= 11 is 0. The van der Waals surface area contributed by atoms with Crippen molar-refractivity contribution >= 4 is 23.5 Å². The number of carbonyl (C=O) groups excluding carboxylic acids is 3. The van der Waals surface area contributed by atoms with Crippen LogP contribution in [-0.4, -0.2) is 41.9 Å². The van der Waals surface area contributed by atoms with Crippen molar-refractivity contribution in [1.29, 1.82) is 0 Å². The van der Waals surface area contributed by atoms with Gasteiger partial charge in [-0.3, -0.25) is 19.7 Å². The lowest BCUT2D eigenvalue weighted by Crippen LogP contribution is -2.53. The normalized spacial score (nSPS) is 12.4. The second kappa shape index (κ2) is 10.8. The third-order valence-electron chi connectivity index (χ3n) is 4.41. The van der Waals surface area contributed by atoms with E-state index in [1.165, 1.54) is 49.4 Å². The Kier molecular flexibility index (Phi) is 8.18. The van der Waals surface area contributed by atoms with Gasteiger partial charge in [0.25, 0.3) is 5.69 Å². The van der Waals surface area contributed by atoms with Crippen LogP contribution in [-0.2, 0) is 32.0 Å². The number of benzene rings is 2. The fourth-order valence-electron chi connectivity index (χ4n) is 2.95. The van der Waals surface area contributed by atoms with E-state index in [0.29, 0.717) is 11.1 Å². The van der Waals surface area contributed by atoms with Crippen molar-refractivity contribution < 1.29 is 28.4 Å². The highest BCUT2D eigenvalue weighted by Gasteiger charge is 2.27. The summed E-state index contributed by atoms with van der Waals surface area (Å²) in [5.74, 6) is -2.33. The molecule has 10 heteroatoms. The van der Waals surface area contributed by atoms with Crippen molar-refractivity contribution in [3.05, 3.63) is 75.6 Å². The smallest absolute Gasteiger partial charge is 0.328 e. The molecular formula is C21H22FN3O6. The van der Waals surface area contributed by atoms with Crippen LogP contribution in [0.15, 0.2) is 48.5 Å². The Balaban J connectivity index is 2.17. The third-order valence-corrected chi connectivity index (χ3v) is 4.41. The lowest BCUT2D eigenvalue weighted by atomic mass is 10.0. The maximum Gasteiger partial charge on any atom is 0.328 e. The Morgan fingerprint density at radius 1 is 1.03 bits per heavy atom. The predicted octanol–water partition coefficient (Wildman–Crippen LogP) is 1.68. The van der Waals surface area contributed by atoms with Crippen molar-refractivity contribution in [2.75, 3.05) is 7.11 Å². The molecule has 0 unspecified atom stereocenters.